The van der Waals surface area contributed by atoms with Crippen LogP contribution in [0.2, 0.25) is 0 Å². The summed E-state index contributed by atoms with van der Waals surface area (Å²) in [6.45, 7) is 3.22. The highest BCUT2D eigenvalue weighted by Gasteiger charge is 2.35. The van der Waals surface area contributed by atoms with Crippen molar-refractivity contribution in [3.63, 3.8) is 0 Å². The summed E-state index contributed by atoms with van der Waals surface area (Å²) in [6.07, 6.45) is 7.78. The van der Waals surface area contributed by atoms with Crippen LogP contribution in [0, 0.1) is 5.92 Å². The number of anilines is 1. The van der Waals surface area contributed by atoms with Gasteiger partial charge in [0.25, 0.3) is 0 Å². The average Bonchev–Trinajstić information content (AvgIpc) is 3.18. The Bertz CT molecular complexity index is 434. The van der Waals surface area contributed by atoms with Crippen LogP contribution in [-0.4, -0.2) is 12.6 Å². The molecule has 0 amide bonds. The maximum Gasteiger partial charge on any atom is 0.0954 e. The predicted octanol–water partition coefficient (Wildman–Crippen LogP) is 4.39. The summed E-state index contributed by atoms with van der Waals surface area (Å²) in [4.78, 5) is 0. The Morgan fingerprint density at radius 3 is 2.63 bits per heavy atom. The Hall–Kier alpha value is -1.38. The van der Waals surface area contributed by atoms with Gasteiger partial charge in [-0.05, 0) is 49.3 Å². The standard InChI is InChI=1S/C16H23N3/c1-2-3-4-5-13-6-10-15(11-7-13)19-12-16(17-18-19)14-8-9-14/h6-7,10-11,14,16H,2-5,8-9,12H2,1H3. The minimum absolute atomic E-state index is 0.448. The molecular formula is C16H23N3. The van der Waals surface area contributed by atoms with Gasteiger partial charge in [0.1, 0.15) is 0 Å². The van der Waals surface area contributed by atoms with Gasteiger partial charge >= 0.3 is 0 Å². The first-order valence-corrected chi connectivity index (χ1v) is 7.64. The third-order valence-corrected chi connectivity index (χ3v) is 4.14. The Balaban J connectivity index is 1.55. The summed E-state index contributed by atoms with van der Waals surface area (Å²) in [7, 11) is 0. The number of aryl methyl sites for hydroxylation is 1. The minimum Gasteiger partial charge on any atom is -0.245 e. The fraction of sp³-hybridized carbons (Fsp3) is 0.625. The van der Waals surface area contributed by atoms with Crippen molar-refractivity contribution in [2.45, 2.75) is 51.5 Å². The number of rotatable bonds is 6. The molecule has 0 spiro atoms. The molecule has 1 aliphatic carbocycles. The molecule has 1 atom stereocenters. The van der Waals surface area contributed by atoms with Crippen molar-refractivity contribution in [1.29, 1.82) is 0 Å². The Kier molecular flexibility index (Phi) is 3.81. The molecule has 1 aliphatic heterocycles. The molecular weight excluding hydrogens is 234 g/mol. The van der Waals surface area contributed by atoms with E-state index in [1.807, 2.05) is 0 Å². The molecule has 0 aromatic heterocycles. The topological polar surface area (TPSA) is 28.0 Å². The zero-order chi connectivity index (χ0) is 13.1. The lowest BCUT2D eigenvalue weighted by molar-refractivity contribution is 0.633. The molecule has 3 rings (SSSR count). The van der Waals surface area contributed by atoms with E-state index in [1.54, 1.807) is 0 Å². The summed E-state index contributed by atoms with van der Waals surface area (Å²) in [5, 5.41) is 10.8. The molecule has 1 aromatic rings. The van der Waals surface area contributed by atoms with Gasteiger partial charge in [-0.25, -0.2) is 5.01 Å². The third-order valence-electron chi connectivity index (χ3n) is 4.14. The lowest BCUT2D eigenvalue weighted by Crippen LogP contribution is -2.21. The molecule has 19 heavy (non-hydrogen) atoms. The monoisotopic (exact) mass is 257 g/mol. The lowest BCUT2D eigenvalue weighted by Gasteiger charge is -2.14. The van der Waals surface area contributed by atoms with Gasteiger partial charge in [-0.2, -0.15) is 5.11 Å². The van der Waals surface area contributed by atoms with E-state index in [1.165, 1.54) is 49.8 Å². The van der Waals surface area contributed by atoms with Crippen molar-refractivity contribution < 1.29 is 0 Å². The predicted molar refractivity (Wildman–Crippen MR) is 78.4 cm³/mol. The van der Waals surface area contributed by atoms with Gasteiger partial charge in [-0.1, -0.05) is 37.1 Å². The van der Waals surface area contributed by atoms with Crippen molar-refractivity contribution >= 4 is 5.69 Å². The molecule has 3 heteroatoms. The van der Waals surface area contributed by atoms with Gasteiger partial charge in [0, 0.05) is 0 Å². The first kappa shape index (κ1) is 12.6. The molecule has 102 valence electrons. The minimum atomic E-state index is 0.448. The smallest absolute Gasteiger partial charge is 0.0954 e. The lowest BCUT2D eigenvalue weighted by atomic mass is 10.1. The molecule has 1 fully saturated rings. The summed E-state index contributed by atoms with van der Waals surface area (Å²) in [6, 6.07) is 9.31. The number of nitrogens with zero attached hydrogens (tertiary/aromatic N) is 3. The molecule has 0 bridgehead atoms. The average molecular weight is 257 g/mol. The van der Waals surface area contributed by atoms with Gasteiger partial charge in [0.2, 0.25) is 0 Å². The van der Waals surface area contributed by atoms with E-state index in [2.05, 4.69) is 46.5 Å². The zero-order valence-electron chi connectivity index (χ0n) is 11.8. The molecule has 1 unspecified atom stereocenters. The summed E-state index contributed by atoms with van der Waals surface area (Å²) < 4.78 is 0. The number of hydrogen-bond donors (Lipinski definition) is 0. The van der Waals surface area contributed by atoms with E-state index < -0.39 is 0 Å². The molecule has 0 N–H and O–H groups in total. The SMILES string of the molecule is CCCCCc1ccc(N2CC(C3CC3)N=N2)cc1. The maximum atomic E-state index is 4.39. The second kappa shape index (κ2) is 5.72. The fourth-order valence-corrected chi connectivity index (χ4v) is 2.67. The largest absolute Gasteiger partial charge is 0.245 e. The normalized spacial score (nSPS) is 22.2. The van der Waals surface area contributed by atoms with Crippen LogP contribution in [0.25, 0.3) is 0 Å². The van der Waals surface area contributed by atoms with Gasteiger partial charge in [0.05, 0.1) is 18.3 Å². The van der Waals surface area contributed by atoms with Crippen LogP contribution in [0.3, 0.4) is 0 Å². The Morgan fingerprint density at radius 1 is 1.16 bits per heavy atom. The van der Waals surface area contributed by atoms with Crippen molar-refractivity contribution in [1.82, 2.24) is 0 Å². The van der Waals surface area contributed by atoms with E-state index in [9.17, 15) is 0 Å². The van der Waals surface area contributed by atoms with Gasteiger partial charge < -0.3 is 0 Å². The molecule has 3 nitrogen and oxygen atoms in total. The highest BCUT2D eigenvalue weighted by atomic mass is 15.6. The fourth-order valence-electron chi connectivity index (χ4n) is 2.67. The Labute approximate surface area is 115 Å². The maximum absolute atomic E-state index is 4.39. The molecule has 1 saturated carbocycles. The van der Waals surface area contributed by atoms with Crippen molar-refractivity contribution in [2.75, 3.05) is 11.6 Å². The molecule has 2 aliphatic rings. The van der Waals surface area contributed by atoms with Gasteiger partial charge in [0.15, 0.2) is 0 Å². The summed E-state index contributed by atoms with van der Waals surface area (Å²) >= 11 is 0. The number of hydrogen-bond acceptors (Lipinski definition) is 3. The summed E-state index contributed by atoms with van der Waals surface area (Å²) in [5.74, 6) is 0.807. The molecule has 0 radical (unpaired) electrons. The van der Waals surface area contributed by atoms with Crippen LogP contribution >= 0.6 is 0 Å². The van der Waals surface area contributed by atoms with Gasteiger partial charge in [-0.15, -0.1) is 0 Å². The van der Waals surface area contributed by atoms with Crippen LogP contribution in [0.15, 0.2) is 34.6 Å². The van der Waals surface area contributed by atoms with Crippen LogP contribution in [-0.2, 0) is 6.42 Å². The van der Waals surface area contributed by atoms with Crippen LogP contribution in [0.4, 0.5) is 5.69 Å². The Morgan fingerprint density at radius 2 is 1.95 bits per heavy atom. The van der Waals surface area contributed by atoms with E-state index in [0.717, 1.165) is 12.5 Å². The molecule has 1 aromatic carbocycles. The van der Waals surface area contributed by atoms with Crippen LogP contribution in [0.1, 0.15) is 44.6 Å². The number of benzene rings is 1. The van der Waals surface area contributed by atoms with Crippen molar-refractivity contribution in [3.8, 4) is 0 Å². The van der Waals surface area contributed by atoms with Crippen LogP contribution in [0.5, 0.6) is 0 Å². The second-order valence-electron chi connectivity index (χ2n) is 5.82. The zero-order valence-corrected chi connectivity index (χ0v) is 11.8. The van der Waals surface area contributed by atoms with Gasteiger partial charge in [-0.3, -0.25) is 0 Å². The molecule has 0 saturated heterocycles. The van der Waals surface area contributed by atoms with Crippen LogP contribution < -0.4 is 5.01 Å². The van der Waals surface area contributed by atoms with E-state index >= 15 is 0 Å². The molecule has 1 heterocycles. The first-order chi connectivity index (χ1) is 9.36. The summed E-state index contributed by atoms with van der Waals surface area (Å²) in [5.41, 5.74) is 2.62. The third kappa shape index (κ3) is 3.14. The van der Waals surface area contributed by atoms with E-state index in [-0.39, 0.29) is 0 Å². The first-order valence-electron chi connectivity index (χ1n) is 7.64. The van der Waals surface area contributed by atoms with E-state index in [0.29, 0.717) is 6.04 Å². The quantitative estimate of drug-likeness (QED) is 0.695. The van der Waals surface area contributed by atoms with E-state index in [4.69, 9.17) is 0 Å². The highest BCUT2D eigenvalue weighted by molar-refractivity contribution is 5.47. The van der Waals surface area contributed by atoms with Crippen molar-refractivity contribution in [3.05, 3.63) is 29.8 Å². The van der Waals surface area contributed by atoms with Crippen molar-refractivity contribution in [2.24, 2.45) is 16.3 Å². The highest BCUT2D eigenvalue weighted by Crippen LogP contribution is 2.37. The number of unbranched alkanes of at least 4 members (excludes halogenated alkanes) is 2. The second-order valence-corrected chi connectivity index (χ2v) is 5.82.